The maximum Gasteiger partial charge on any atom is 0.259 e. The Kier molecular flexibility index (Phi) is 6.41. The van der Waals surface area contributed by atoms with Gasteiger partial charge in [0.2, 0.25) is 11.8 Å². The Hall–Kier alpha value is -4.38. The van der Waals surface area contributed by atoms with Gasteiger partial charge in [0.25, 0.3) is 5.91 Å². The molecule has 1 heterocycles. The lowest BCUT2D eigenvalue weighted by Crippen LogP contribution is -2.54. The van der Waals surface area contributed by atoms with Crippen LogP contribution in [0, 0.1) is 21.2 Å². The molecule has 208 valence electrons. The van der Waals surface area contributed by atoms with Crippen LogP contribution in [0.5, 0.6) is 0 Å². The van der Waals surface area contributed by atoms with Gasteiger partial charge in [-0.3, -0.25) is 14.4 Å². The molecule has 0 spiro atoms. The number of benzene rings is 4. The number of hydrogen-bond acceptors (Lipinski definition) is 5. The van der Waals surface area contributed by atoms with Crippen LogP contribution in [0.3, 0.4) is 0 Å². The molecule has 2 bridgehead atoms. The minimum Gasteiger partial charge on any atom is -0.376 e. The van der Waals surface area contributed by atoms with Gasteiger partial charge in [-0.2, -0.15) is 5.10 Å². The van der Waals surface area contributed by atoms with Crippen LogP contribution in [0.4, 0.5) is 15.8 Å². The Morgan fingerprint density at radius 1 is 0.881 bits per heavy atom. The zero-order valence-electron chi connectivity index (χ0n) is 22.1. The molecule has 0 aromatic heterocycles. The monoisotopic (exact) mass is 670 g/mol. The Bertz CT molecular complexity index is 1730. The van der Waals surface area contributed by atoms with Gasteiger partial charge in [-0.1, -0.05) is 48.5 Å². The first-order valence-corrected chi connectivity index (χ1v) is 14.6. The first-order chi connectivity index (χ1) is 20.4. The van der Waals surface area contributed by atoms with E-state index in [-0.39, 0.29) is 30.2 Å². The smallest absolute Gasteiger partial charge is 0.259 e. The minimum atomic E-state index is -1.11. The lowest BCUT2D eigenvalue weighted by atomic mass is 9.47. The van der Waals surface area contributed by atoms with Gasteiger partial charge < -0.3 is 5.32 Å². The maximum atomic E-state index is 14.3. The second-order valence-electron chi connectivity index (χ2n) is 10.7. The largest absolute Gasteiger partial charge is 0.376 e. The number of halogens is 2. The fourth-order valence-electron chi connectivity index (χ4n) is 6.89. The Balaban J connectivity index is 1.29. The minimum absolute atomic E-state index is 0.00198. The standard InChI is InChI=1S/C33H24FIN4O3/c34-19-9-15-22(16-10-19)39-31(41)29-28-23-5-1-3-7-25(23)33(30(29)32(39)42,26-8-4-2-6-24(26)28)18-37-38-27(40)17-36-21-13-11-20(35)12-14-21/h1-16,18,28-30,36H,17H2,(H,38,40)/b37-18-/t28?,29-,30-,33?/m0/s1. The molecule has 8 rings (SSSR count). The molecule has 1 saturated heterocycles. The van der Waals surface area contributed by atoms with E-state index < -0.39 is 23.1 Å². The van der Waals surface area contributed by atoms with E-state index in [0.29, 0.717) is 5.69 Å². The predicted molar refractivity (Wildman–Crippen MR) is 166 cm³/mol. The predicted octanol–water partition coefficient (Wildman–Crippen LogP) is 5.20. The van der Waals surface area contributed by atoms with Crippen LogP contribution >= 0.6 is 22.6 Å². The van der Waals surface area contributed by atoms with Crippen molar-refractivity contribution in [2.45, 2.75) is 11.3 Å². The number of carbonyl (C=O) groups is 3. The third-order valence-corrected chi connectivity index (χ3v) is 9.24. The highest BCUT2D eigenvalue weighted by Crippen LogP contribution is 2.63. The molecule has 3 aliphatic carbocycles. The molecule has 1 aliphatic heterocycles. The molecular weight excluding hydrogens is 646 g/mol. The van der Waals surface area contributed by atoms with Gasteiger partial charge in [-0.25, -0.2) is 14.7 Å². The SMILES string of the molecule is O=C(CNc1ccc(I)cc1)N/N=C\C12c3ccccc3C(c3ccccc31)[C@@H]1C(=O)N(c3ccc(F)cc3)C(=O)[C@H]12. The number of imide groups is 1. The van der Waals surface area contributed by atoms with E-state index in [0.717, 1.165) is 31.5 Å². The Labute approximate surface area is 255 Å². The summed E-state index contributed by atoms with van der Waals surface area (Å²) in [7, 11) is 0. The summed E-state index contributed by atoms with van der Waals surface area (Å²) in [6.07, 6.45) is 1.62. The fraction of sp³-hybridized carbons (Fsp3) is 0.152. The number of hydrogen-bond donors (Lipinski definition) is 2. The fourth-order valence-corrected chi connectivity index (χ4v) is 7.25. The van der Waals surface area contributed by atoms with Crippen molar-refractivity contribution in [2.24, 2.45) is 16.9 Å². The first kappa shape index (κ1) is 26.5. The molecule has 1 fully saturated rings. The van der Waals surface area contributed by atoms with Crippen LogP contribution in [0.1, 0.15) is 28.2 Å². The van der Waals surface area contributed by atoms with Crippen molar-refractivity contribution < 1.29 is 18.8 Å². The molecule has 4 aromatic carbocycles. The summed E-state index contributed by atoms with van der Waals surface area (Å²) in [4.78, 5) is 42.3. The van der Waals surface area contributed by atoms with Gasteiger partial charge in [0.1, 0.15) is 5.82 Å². The van der Waals surface area contributed by atoms with E-state index in [2.05, 4.69) is 38.4 Å². The summed E-state index contributed by atoms with van der Waals surface area (Å²) < 4.78 is 14.8. The van der Waals surface area contributed by atoms with Gasteiger partial charge in [0, 0.05) is 21.4 Å². The van der Waals surface area contributed by atoms with Crippen LogP contribution < -0.4 is 15.6 Å². The Morgan fingerprint density at radius 2 is 1.50 bits per heavy atom. The molecule has 0 saturated carbocycles. The van der Waals surface area contributed by atoms with Gasteiger partial charge in [-0.15, -0.1) is 0 Å². The van der Waals surface area contributed by atoms with E-state index >= 15 is 0 Å². The molecule has 4 aliphatic rings. The van der Waals surface area contributed by atoms with Gasteiger partial charge in [0.05, 0.1) is 29.5 Å². The van der Waals surface area contributed by atoms with Gasteiger partial charge in [-0.05, 0) is 93.4 Å². The average molecular weight is 670 g/mol. The summed E-state index contributed by atoms with van der Waals surface area (Å²) in [6.45, 7) is 0.00198. The molecule has 4 aromatic rings. The molecule has 2 N–H and O–H groups in total. The topological polar surface area (TPSA) is 90.9 Å². The van der Waals surface area contributed by atoms with E-state index in [1.807, 2.05) is 72.8 Å². The van der Waals surface area contributed by atoms with Crippen LogP contribution in [0.25, 0.3) is 0 Å². The highest BCUT2D eigenvalue weighted by molar-refractivity contribution is 14.1. The van der Waals surface area contributed by atoms with E-state index in [1.165, 1.54) is 29.2 Å². The molecule has 7 nitrogen and oxygen atoms in total. The second kappa shape index (κ2) is 10.2. The number of nitrogens with zero attached hydrogens (tertiary/aromatic N) is 2. The highest BCUT2D eigenvalue weighted by atomic mass is 127. The van der Waals surface area contributed by atoms with Crippen molar-refractivity contribution in [3.8, 4) is 0 Å². The summed E-state index contributed by atoms with van der Waals surface area (Å²) in [5.74, 6) is -3.31. The second-order valence-corrected chi connectivity index (χ2v) is 11.9. The number of hydrazone groups is 1. The van der Waals surface area contributed by atoms with Crippen LogP contribution in [-0.2, 0) is 19.8 Å². The summed E-state index contributed by atoms with van der Waals surface area (Å²) in [5.41, 5.74) is 6.32. The number of amides is 3. The van der Waals surface area contributed by atoms with Crippen LogP contribution in [0.2, 0.25) is 0 Å². The molecule has 42 heavy (non-hydrogen) atoms. The number of anilines is 2. The van der Waals surface area contributed by atoms with Crippen molar-refractivity contribution in [1.82, 2.24) is 5.43 Å². The third kappa shape index (κ3) is 3.98. The van der Waals surface area contributed by atoms with Gasteiger partial charge in [0.15, 0.2) is 0 Å². The van der Waals surface area contributed by atoms with Crippen LogP contribution in [-0.4, -0.2) is 30.5 Å². The normalized spacial score (nSPS) is 23.5. The van der Waals surface area contributed by atoms with Crippen LogP contribution in [0.15, 0.2) is 102 Å². The molecule has 2 atom stereocenters. The number of nitrogens with one attached hydrogen (secondary N) is 2. The van der Waals surface area contributed by atoms with E-state index in [1.54, 1.807) is 6.21 Å². The van der Waals surface area contributed by atoms with Gasteiger partial charge >= 0.3 is 0 Å². The summed E-state index contributed by atoms with van der Waals surface area (Å²) >= 11 is 2.22. The zero-order valence-corrected chi connectivity index (χ0v) is 24.3. The van der Waals surface area contributed by atoms with Crippen molar-refractivity contribution in [2.75, 3.05) is 16.8 Å². The van der Waals surface area contributed by atoms with E-state index in [4.69, 9.17) is 0 Å². The van der Waals surface area contributed by atoms with E-state index in [9.17, 15) is 18.8 Å². The lowest BCUT2D eigenvalue weighted by molar-refractivity contribution is -0.122. The molecule has 0 unspecified atom stereocenters. The summed E-state index contributed by atoms with van der Waals surface area (Å²) in [6, 6.07) is 28.7. The molecular formula is C33H24FIN4O3. The molecule has 3 amide bonds. The highest BCUT2D eigenvalue weighted by Gasteiger charge is 2.68. The quantitative estimate of drug-likeness (QED) is 0.128. The average Bonchev–Trinajstić information content (AvgIpc) is 3.28. The maximum absolute atomic E-state index is 14.3. The van der Waals surface area contributed by atoms with Crippen molar-refractivity contribution in [1.29, 1.82) is 0 Å². The third-order valence-electron chi connectivity index (χ3n) is 8.52. The number of carbonyl (C=O) groups excluding carboxylic acids is 3. The zero-order chi connectivity index (χ0) is 29.0. The summed E-state index contributed by atoms with van der Waals surface area (Å²) in [5, 5.41) is 7.50. The first-order valence-electron chi connectivity index (χ1n) is 13.5. The van der Waals surface area contributed by atoms with Crippen molar-refractivity contribution >= 4 is 57.9 Å². The van der Waals surface area contributed by atoms with Crippen molar-refractivity contribution in [3.63, 3.8) is 0 Å². The Morgan fingerprint density at radius 3 is 2.14 bits per heavy atom. The molecule has 0 radical (unpaired) electrons. The lowest BCUT2D eigenvalue weighted by Gasteiger charge is -2.52. The number of rotatable bonds is 6. The molecule has 9 heteroatoms. The van der Waals surface area contributed by atoms with Crippen molar-refractivity contribution in [3.05, 3.63) is 129 Å².